The summed E-state index contributed by atoms with van der Waals surface area (Å²) in [4.78, 5) is 83.0. The number of piperidine rings is 1. The number of pyridine rings is 1. The molecule has 21 nitrogen and oxygen atoms in total. The van der Waals surface area contributed by atoms with Crippen LogP contribution < -0.4 is 30.9 Å². The third-order valence-electron chi connectivity index (χ3n) is 22.3. The highest BCUT2D eigenvalue weighted by molar-refractivity contribution is 5.98. The number of ketones is 1. The summed E-state index contributed by atoms with van der Waals surface area (Å²) in [6, 6.07) is 29.8. The molecule has 21 heteroatoms. The van der Waals surface area contributed by atoms with Gasteiger partial charge in [-0.1, -0.05) is 49.7 Å². The van der Waals surface area contributed by atoms with E-state index in [1.807, 2.05) is 25.3 Å². The van der Waals surface area contributed by atoms with Crippen LogP contribution in [0.4, 0.5) is 31.4 Å². The summed E-state index contributed by atoms with van der Waals surface area (Å²) in [6.45, 7) is 18.3. The van der Waals surface area contributed by atoms with Crippen molar-refractivity contribution in [2.75, 3.05) is 68.9 Å². The number of aryl methyl sites for hydroxylation is 6. The monoisotopic (exact) mass is 1360 g/mol. The number of ether oxygens (including phenoxy) is 4. The van der Waals surface area contributed by atoms with E-state index in [1.165, 1.54) is 38.0 Å². The van der Waals surface area contributed by atoms with Crippen molar-refractivity contribution in [1.29, 1.82) is 0 Å². The van der Waals surface area contributed by atoms with Crippen molar-refractivity contribution in [3.63, 3.8) is 0 Å². The van der Waals surface area contributed by atoms with Gasteiger partial charge in [0.15, 0.2) is 0 Å². The lowest BCUT2D eigenvalue weighted by Crippen LogP contribution is -2.42. The minimum atomic E-state index is -0.339. The average Bonchev–Trinajstić information content (AvgIpc) is 1.56. The number of imidazole rings is 3. The largest absolute Gasteiger partial charge is 0.452 e. The van der Waals surface area contributed by atoms with Crippen LogP contribution in [0.3, 0.4) is 0 Å². The molecule has 2 N–H and O–H groups in total. The van der Waals surface area contributed by atoms with E-state index in [1.54, 1.807) is 38.3 Å². The van der Waals surface area contributed by atoms with Crippen molar-refractivity contribution in [2.45, 2.75) is 213 Å². The summed E-state index contributed by atoms with van der Waals surface area (Å²) in [5.74, 6) is 4.33. The van der Waals surface area contributed by atoms with Gasteiger partial charge in [-0.3, -0.25) is 24.3 Å². The van der Waals surface area contributed by atoms with E-state index in [0.717, 1.165) is 228 Å². The molecule has 8 aromatic rings. The van der Waals surface area contributed by atoms with Crippen molar-refractivity contribution in [3.8, 4) is 0 Å². The first kappa shape index (κ1) is 71.4. The number of anilines is 3. The molecule has 6 aliphatic rings. The van der Waals surface area contributed by atoms with Crippen LogP contribution in [-0.4, -0.2) is 136 Å². The SMILES string of the molecule is CC[C@@H](C)NCCn1c(CCn2ccccc2=O)nc2c3c(ccc21)N(C(=O)OC)[C@@H](C)CC3.COC(=O)N1c2ccc3c(nc(CCC4CCOCC4)n3[C@@H]3CCC[C@@H](C(C)=O)C3)c2CC[C@@H]1C.COC(=O)N1c2ccc3c(nc(Cc4ccccc4)n3C3CCNCC3)c2CC[C@@H]1C. The molecule has 0 spiro atoms. The van der Waals surface area contributed by atoms with Gasteiger partial charge in [-0.05, 0) is 198 Å². The fraction of sp³-hybridized carbons (Fsp3) is 0.544. The summed E-state index contributed by atoms with van der Waals surface area (Å²) >= 11 is 0. The van der Waals surface area contributed by atoms with Gasteiger partial charge >= 0.3 is 18.3 Å². The van der Waals surface area contributed by atoms with E-state index in [2.05, 4.69) is 113 Å². The highest BCUT2D eigenvalue weighted by Crippen LogP contribution is 2.43. The molecule has 4 aromatic carbocycles. The Bertz CT molecular complexity index is 4240. The quantitative estimate of drug-likeness (QED) is 0.0861. The molecule has 3 amide bonds. The number of methoxy groups -OCH3 is 3. The highest BCUT2D eigenvalue weighted by atomic mass is 16.6. The third kappa shape index (κ3) is 15.3. The molecular formula is C79H104N12O9. The second kappa shape index (κ2) is 32.5. The second-order valence-electron chi connectivity index (χ2n) is 28.6. The van der Waals surface area contributed by atoms with E-state index in [-0.39, 0.29) is 47.9 Å². The van der Waals surface area contributed by atoms with Crippen LogP contribution in [0.2, 0.25) is 0 Å². The number of rotatable bonds is 16. The Labute approximate surface area is 588 Å². The number of Topliss-reactive ketones (excluding diaryl/α,β-unsaturated/α-hetero) is 1. The maximum atomic E-state index is 12.6. The van der Waals surface area contributed by atoms with Crippen molar-refractivity contribution in [3.05, 3.63) is 141 Å². The lowest BCUT2D eigenvalue weighted by atomic mass is 9.83. The molecule has 5 aliphatic heterocycles. The van der Waals surface area contributed by atoms with E-state index < -0.39 is 0 Å². The van der Waals surface area contributed by atoms with E-state index in [4.69, 9.17) is 33.9 Å². The molecule has 4 aromatic heterocycles. The van der Waals surface area contributed by atoms with Crippen LogP contribution in [0.1, 0.15) is 177 Å². The number of aromatic nitrogens is 7. The summed E-state index contributed by atoms with van der Waals surface area (Å²) in [7, 11) is 4.32. The number of hydrogen-bond donors (Lipinski definition) is 2. The van der Waals surface area contributed by atoms with Crippen LogP contribution in [-0.2, 0) is 75.4 Å². The Morgan fingerprint density at radius 1 is 0.600 bits per heavy atom. The molecule has 100 heavy (non-hydrogen) atoms. The van der Waals surface area contributed by atoms with Gasteiger partial charge in [0, 0.05) is 123 Å². The average molecular weight is 1370 g/mol. The van der Waals surface area contributed by atoms with Crippen molar-refractivity contribution in [1.82, 2.24) is 43.9 Å². The molecule has 9 heterocycles. The molecule has 1 saturated carbocycles. The zero-order valence-electron chi connectivity index (χ0n) is 60.3. The van der Waals surface area contributed by atoms with Gasteiger partial charge in [0.05, 0.1) is 71.5 Å². The molecule has 3 fully saturated rings. The zero-order chi connectivity index (χ0) is 70.1. The topological polar surface area (TPSA) is 214 Å². The molecule has 0 radical (unpaired) electrons. The van der Waals surface area contributed by atoms with Crippen LogP contribution in [0.25, 0.3) is 33.1 Å². The summed E-state index contributed by atoms with van der Waals surface area (Å²) in [5.41, 5.74) is 13.8. The number of hydrogen-bond acceptors (Lipinski definition) is 14. The van der Waals surface area contributed by atoms with Crippen LogP contribution in [0.15, 0.2) is 95.9 Å². The van der Waals surface area contributed by atoms with Gasteiger partial charge in [-0.15, -0.1) is 0 Å². The fourth-order valence-electron chi connectivity index (χ4n) is 16.5. The Morgan fingerprint density at radius 2 is 1.13 bits per heavy atom. The van der Waals surface area contributed by atoms with Gasteiger partial charge in [-0.2, -0.15) is 0 Å². The van der Waals surface area contributed by atoms with Crippen molar-refractivity contribution >= 4 is 74.2 Å². The number of amides is 3. The molecule has 1 aliphatic carbocycles. The molecule has 0 bridgehead atoms. The predicted molar refractivity (Wildman–Crippen MR) is 393 cm³/mol. The number of nitrogens with one attached hydrogen (secondary N) is 2. The normalized spacial score (nSPS) is 20.5. The predicted octanol–water partition coefficient (Wildman–Crippen LogP) is 13.8. The van der Waals surface area contributed by atoms with Crippen molar-refractivity contribution < 1.29 is 38.1 Å². The van der Waals surface area contributed by atoms with Crippen LogP contribution >= 0.6 is 0 Å². The van der Waals surface area contributed by atoms with Gasteiger partial charge in [0.2, 0.25) is 0 Å². The molecular weight excluding hydrogens is 1260 g/mol. The lowest BCUT2D eigenvalue weighted by molar-refractivity contribution is -0.122. The first-order chi connectivity index (χ1) is 48.6. The van der Waals surface area contributed by atoms with Gasteiger partial charge in [0.1, 0.15) is 23.3 Å². The van der Waals surface area contributed by atoms with Crippen molar-refractivity contribution in [2.24, 2.45) is 11.8 Å². The summed E-state index contributed by atoms with van der Waals surface area (Å²) in [5, 5.41) is 7.05. The van der Waals surface area contributed by atoms with E-state index in [9.17, 15) is 24.0 Å². The number of carbonyl (C=O) groups excluding carboxylic acids is 4. The number of nitrogens with zero attached hydrogens (tertiary/aromatic N) is 10. The highest BCUT2D eigenvalue weighted by Gasteiger charge is 2.37. The molecule has 2 saturated heterocycles. The second-order valence-corrected chi connectivity index (χ2v) is 28.6. The first-order valence-corrected chi connectivity index (χ1v) is 37.0. The van der Waals surface area contributed by atoms with Gasteiger partial charge in [-0.25, -0.2) is 29.3 Å². The minimum absolute atomic E-state index is 0.0105. The van der Waals surface area contributed by atoms with Crippen LogP contribution in [0.5, 0.6) is 0 Å². The summed E-state index contributed by atoms with van der Waals surface area (Å²) in [6.07, 6.45) is 19.3. The van der Waals surface area contributed by atoms with Gasteiger partial charge in [0.25, 0.3) is 5.56 Å². The first-order valence-electron chi connectivity index (χ1n) is 37.0. The maximum Gasteiger partial charge on any atom is 0.414 e. The Hall–Kier alpha value is -8.40. The van der Waals surface area contributed by atoms with Crippen LogP contribution in [0, 0.1) is 11.8 Å². The smallest absolute Gasteiger partial charge is 0.414 e. The Morgan fingerprint density at radius 3 is 1.68 bits per heavy atom. The molecule has 6 atom stereocenters. The standard InChI is InChI=1S/C28H39N3O4.C26H35N5O3.C25H30N4O2/c1-18-7-9-23-24(30(18)28(33)34-3)10-11-25-27(23)29-26(12-8-20-13-15-35-16-14-20)31(25)22-6-4-5-21(17-22)19(2)32;1-5-18(2)27-14-17-30-22-12-11-21-20(10-9-19(3)31(21)26(33)34-4)25(22)28-23(30)13-16-29-15-7-6-8-24(29)32;1-17-8-9-20-21(28(17)25(30)31-2)10-11-22-24(20)27-23(16-18-6-4-3-5-7-18)29(22)19-12-14-26-15-13-19/h10-11,18,20-22H,4-9,12-17H2,1-3H3;6-8,11-12,15,18-19,27H,5,9-10,13-14,16-17H2,1-4H3;3-7,10-11,17,19,26H,8-9,12-16H2,1-2H3/t18-,21+,22+;18-,19+;17-/m010/s1. The Balaban J connectivity index is 0.000000142. The van der Waals surface area contributed by atoms with E-state index in [0.29, 0.717) is 42.8 Å². The fourth-order valence-corrected chi connectivity index (χ4v) is 16.5. The zero-order valence-corrected chi connectivity index (χ0v) is 60.3. The number of carbonyl (C=O) groups is 4. The molecule has 534 valence electrons. The third-order valence-corrected chi connectivity index (χ3v) is 22.3. The molecule has 14 rings (SSSR count). The van der Waals surface area contributed by atoms with Gasteiger partial charge < -0.3 is 47.8 Å². The molecule has 0 unspecified atom stereocenters. The van der Waals surface area contributed by atoms with E-state index >= 15 is 0 Å². The summed E-state index contributed by atoms with van der Waals surface area (Å²) < 4.78 is 29.8. The lowest BCUT2D eigenvalue weighted by Gasteiger charge is -2.34. The number of benzene rings is 4. The maximum absolute atomic E-state index is 12.6. The number of fused-ring (bicyclic) bond motifs is 9. The minimum Gasteiger partial charge on any atom is -0.452 e. The Kier molecular flexibility index (Phi) is 23.2.